The van der Waals surface area contributed by atoms with Crippen molar-refractivity contribution in [2.24, 2.45) is 0 Å². The van der Waals surface area contributed by atoms with Gasteiger partial charge in [0.2, 0.25) is 0 Å². The second-order valence-electron chi connectivity index (χ2n) is 9.44. The predicted molar refractivity (Wildman–Crippen MR) is 157 cm³/mol. The highest BCUT2D eigenvalue weighted by molar-refractivity contribution is 6.05. The molecule has 4 aromatic heterocycles. The van der Waals surface area contributed by atoms with Crippen LogP contribution in [0.15, 0.2) is 104 Å². The Morgan fingerprint density at radius 3 is 2.03 bits per heavy atom. The third-order valence-corrected chi connectivity index (χ3v) is 7.43. The summed E-state index contributed by atoms with van der Waals surface area (Å²) < 4.78 is 4.34. The van der Waals surface area contributed by atoms with Crippen LogP contribution in [-0.4, -0.2) is 23.8 Å². The van der Waals surface area contributed by atoms with Crippen LogP contribution in [0.25, 0.3) is 78.6 Å². The van der Waals surface area contributed by atoms with Gasteiger partial charge in [-0.15, -0.1) is 0 Å². The fourth-order valence-corrected chi connectivity index (χ4v) is 5.77. The smallest absolute Gasteiger partial charge is 0.149 e. The molecule has 0 spiro atoms. The summed E-state index contributed by atoms with van der Waals surface area (Å²) in [6, 6.07) is 31.1. The summed E-state index contributed by atoms with van der Waals surface area (Å²) in [5, 5.41) is 3.22. The quantitative estimate of drug-likeness (QED) is 0.254. The fourth-order valence-electron chi connectivity index (χ4n) is 5.77. The summed E-state index contributed by atoms with van der Waals surface area (Å²) in [4.78, 5) is 15.2. The number of aromatic nitrogens is 5. The lowest BCUT2D eigenvalue weighted by Gasteiger charge is -2.12. The van der Waals surface area contributed by atoms with E-state index >= 15 is 0 Å². The number of hydrogen-bond acceptors (Lipinski definition) is 3. The summed E-state index contributed by atoms with van der Waals surface area (Å²) in [5.74, 6) is 0.840. The van der Waals surface area contributed by atoms with Gasteiger partial charge in [0.1, 0.15) is 17.1 Å². The Morgan fingerprint density at radius 1 is 0.553 bits per heavy atom. The SMILES string of the molecule is C=Cc1c(C=C)n2c3ccc(-c4nc5ccccc5c5nc6ccccc6n45)cc3nc2c2ccccc12. The maximum absolute atomic E-state index is 5.13. The van der Waals surface area contributed by atoms with Crippen molar-refractivity contribution >= 4 is 67.2 Å². The molecule has 0 atom stereocenters. The van der Waals surface area contributed by atoms with E-state index in [1.54, 1.807) is 0 Å². The Labute approximate surface area is 217 Å². The number of hydrogen-bond donors (Lipinski definition) is 0. The van der Waals surface area contributed by atoms with Crippen LogP contribution >= 0.6 is 0 Å². The molecule has 38 heavy (non-hydrogen) atoms. The first-order valence-corrected chi connectivity index (χ1v) is 12.5. The van der Waals surface area contributed by atoms with Crippen molar-refractivity contribution in [2.75, 3.05) is 0 Å². The molecule has 0 saturated carbocycles. The monoisotopic (exact) mass is 487 g/mol. The Kier molecular flexibility index (Phi) is 4.17. The van der Waals surface area contributed by atoms with Crippen molar-refractivity contribution in [2.45, 2.75) is 0 Å². The minimum absolute atomic E-state index is 0.840. The number of fused-ring (bicyclic) bond motifs is 10. The average molecular weight is 488 g/mol. The van der Waals surface area contributed by atoms with Crippen LogP contribution in [0.3, 0.4) is 0 Å². The van der Waals surface area contributed by atoms with Crippen molar-refractivity contribution < 1.29 is 0 Å². The van der Waals surface area contributed by atoms with Crippen LogP contribution in [0, 0.1) is 0 Å². The molecule has 4 aromatic carbocycles. The number of pyridine rings is 1. The first kappa shape index (κ1) is 20.9. The molecule has 0 amide bonds. The Balaban J connectivity index is 1.50. The van der Waals surface area contributed by atoms with E-state index in [2.05, 4.69) is 64.4 Å². The van der Waals surface area contributed by atoms with Crippen LogP contribution in [0.2, 0.25) is 0 Å². The third-order valence-electron chi connectivity index (χ3n) is 7.43. The second-order valence-corrected chi connectivity index (χ2v) is 9.44. The van der Waals surface area contributed by atoms with Gasteiger partial charge in [-0.2, -0.15) is 0 Å². The van der Waals surface area contributed by atoms with Crippen molar-refractivity contribution in [3.05, 3.63) is 115 Å². The lowest BCUT2D eigenvalue weighted by Crippen LogP contribution is -1.98. The second kappa shape index (κ2) is 7.60. The fraction of sp³-hybridized carbons (Fsp3) is 0. The summed E-state index contributed by atoms with van der Waals surface area (Å²) in [5.41, 5.74) is 9.61. The molecule has 0 aliphatic rings. The maximum Gasteiger partial charge on any atom is 0.149 e. The summed E-state index contributed by atoms with van der Waals surface area (Å²) in [7, 11) is 0. The molecule has 0 saturated heterocycles. The topological polar surface area (TPSA) is 47.5 Å². The lowest BCUT2D eigenvalue weighted by atomic mass is 10.0. The molecule has 0 fully saturated rings. The normalized spacial score (nSPS) is 11.9. The molecule has 8 rings (SSSR count). The van der Waals surface area contributed by atoms with Crippen molar-refractivity contribution in [3.63, 3.8) is 0 Å². The third kappa shape index (κ3) is 2.67. The van der Waals surface area contributed by atoms with Crippen molar-refractivity contribution in [3.8, 4) is 11.4 Å². The zero-order valence-corrected chi connectivity index (χ0v) is 20.5. The van der Waals surface area contributed by atoms with Gasteiger partial charge in [-0.1, -0.05) is 67.8 Å². The van der Waals surface area contributed by atoms with Crippen molar-refractivity contribution in [1.82, 2.24) is 23.8 Å². The highest BCUT2D eigenvalue weighted by Gasteiger charge is 2.18. The predicted octanol–water partition coefficient (Wildman–Crippen LogP) is 7.94. The van der Waals surface area contributed by atoms with Gasteiger partial charge in [0.25, 0.3) is 0 Å². The molecule has 0 aliphatic carbocycles. The van der Waals surface area contributed by atoms with Crippen molar-refractivity contribution in [1.29, 1.82) is 0 Å². The summed E-state index contributed by atoms with van der Waals surface area (Å²) in [6.45, 7) is 8.21. The lowest BCUT2D eigenvalue weighted by molar-refractivity contribution is 1.16. The van der Waals surface area contributed by atoms with Crippen LogP contribution < -0.4 is 0 Å². The standard InChI is InChI=1S/C33H21N5/c1-3-21-22-11-5-6-12-23(22)32-36-27-19-20(17-18-30(27)37(32)28(21)4-2)31-34-25-14-8-7-13-24(25)33-35-26-15-9-10-16-29(26)38(31)33/h3-19H,1-2H2. The molecular weight excluding hydrogens is 466 g/mol. The first-order valence-electron chi connectivity index (χ1n) is 12.5. The van der Waals surface area contributed by atoms with Gasteiger partial charge in [0, 0.05) is 21.9 Å². The minimum atomic E-state index is 0.840. The van der Waals surface area contributed by atoms with Gasteiger partial charge < -0.3 is 0 Å². The zero-order valence-electron chi connectivity index (χ0n) is 20.5. The molecule has 0 bridgehead atoms. The molecule has 0 N–H and O–H groups in total. The van der Waals surface area contributed by atoms with Gasteiger partial charge >= 0.3 is 0 Å². The Morgan fingerprint density at radius 2 is 1.21 bits per heavy atom. The Bertz CT molecular complexity index is 2280. The van der Waals surface area contributed by atoms with E-state index < -0.39 is 0 Å². The molecule has 0 unspecified atom stereocenters. The molecular formula is C33H21N5. The molecule has 4 heterocycles. The average Bonchev–Trinajstić information content (AvgIpc) is 3.55. The van der Waals surface area contributed by atoms with Gasteiger partial charge in [-0.3, -0.25) is 8.80 Å². The molecule has 0 aliphatic heterocycles. The van der Waals surface area contributed by atoms with Crippen LogP contribution in [-0.2, 0) is 0 Å². The van der Waals surface area contributed by atoms with E-state index in [1.807, 2.05) is 60.7 Å². The summed E-state index contributed by atoms with van der Waals surface area (Å²) in [6.07, 6.45) is 3.79. The number of benzene rings is 4. The van der Waals surface area contributed by atoms with E-state index in [1.165, 1.54) is 0 Å². The number of rotatable bonds is 3. The Hall–Kier alpha value is -5.29. The van der Waals surface area contributed by atoms with Gasteiger partial charge in [-0.25, -0.2) is 15.0 Å². The molecule has 5 heteroatoms. The van der Waals surface area contributed by atoms with E-state index in [0.717, 1.165) is 77.7 Å². The van der Waals surface area contributed by atoms with Crippen LogP contribution in [0.1, 0.15) is 11.3 Å². The minimum Gasteiger partial charge on any atom is -0.292 e. The van der Waals surface area contributed by atoms with Crippen LogP contribution in [0.5, 0.6) is 0 Å². The largest absolute Gasteiger partial charge is 0.292 e. The van der Waals surface area contributed by atoms with E-state index in [4.69, 9.17) is 15.0 Å². The van der Waals surface area contributed by atoms with Crippen LogP contribution in [0.4, 0.5) is 0 Å². The van der Waals surface area contributed by atoms with E-state index in [0.29, 0.717) is 0 Å². The van der Waals surface area contributed by atoms with Gasteiger partial charge in [-0.05, 0) is 53.9 Å². The number of nitrogens with zero attached hydrogens (tertiary/aromatic N) is 5. The molecule has 8 aromatic rings. The molecule has 178 valence electrons. The van der Waals surface area contributed by atoms with E-state index in [-0.39, 0.29) is 0 Å². The zero-order chi connectivity index (χ0) is 25.4. The summed E-state index contributed by atoms with van der Waals surface area (Å²) >= 11 is 0. The highest BCUT2D eigenvalue weighted by Crippen LogP contribution is 2.34. The van der Waals surface area contributed by atoms with Gasteiger partial charge in [0.05, 0.1) is 33.3 Å². The first-order chi connectivity index (χ1) is 18.8. The molecule has 0 radical (unpaired) electrons. The number of imidazole rings is 2. The van der Waals surface area contributed by atoms with Gasteiger partial charge in [0.15, 0.2) is 0 Å². The van der Waals surface area contributed by atoms with E-state index in [9.17, 15) is 0 Å². The highest BCUT2D eigenvalue weighted by atomic mass is 15.1. The number of para-hydroxylation sites is 3. The maximum atomic E-state index is 5.13. The molecule has 5 nitrogen and oxygen atoms in total.